The number of imide groups is 1. The molecule has 2 N–H and O–H groups in total. The highest BCUT2D eigenvalue weighted by Gasteiger charge is 2.46. The van der Waals surface area contributed by atoms with Crippen molar-refractivity contribution in [3.05, 3.63) is 35.9 Å². The fourth-order valence-electron chi connectivity index (χ4n) is 4.20. The Bertz CT molecular complexity index is 770. The van der Waals surface area contributed by atoms with Crippen LogP contribution in [0.3, 0.4) is 0 Å². The lowest BCUT2D eigenvalue weighted by atomic mass is 9.82. The molecule has 8 nitrogen and oxygen atoms in total. The van der Waals surface area contributed by atoms with E-state index >= 15 is 0 Å². The van der Waals surface area contributed by atoms with Gasteiger partial charge in [0, 0.05) is 18.6 Å². The first-order chi connectivity index (χ1) is 13.0. The Morgan fingerprint density at radius 1 is 1.11 bits per heavy atom. The molecule has 0 radical (unpaired) electrons. The summed E-state index contributed by atoms with van der Waals surface area (Å²) >= 11 is 0. The Morgan fingerprint density at radius 3 is 2.44 bits per heavy atom. The second-order valence-corrected chi connectivity index (χ2v) is 7.46. The van der Waals surface area contributed by atoms with Crippen molar-refractivity contribution < 1.29 is 19.2 Å². The number of hydrogen-bond acceptors (Lipinski definition) is 4. The summed E-state index contributed by atoms with van der Waals surface area (Å²) in [5.74, 6) is -0.727. The zero-order valence-electron chi connectivity index (χ0n) is 14.9. The van der Waals surface area contributed by atoms with E-state index in [0.717, 1.165) is 16.9 Å². The van der Waals surface area contributed by atoms with Crippen molar-refractivity contribution in [3.63, 3.8) is 0 Å². The number of nitrogens with one attached hydrogen (secondary N) is 2. The van der Waals surface area contributed by atoms with Crippen molar-refractivity contribution >= 4 is 23.8 Å². The van der Waals surface area contributed by atoms with Crippen LogP contribution in [0.4, 0.5) is 4.79 Å². The number of urea groups is 1. The lowest BCUT2D eigenvalue weighted by molar-refractivity contribution is -0.137. The van der Waals surface area contributed by atoms with E-state index in [1.165, 1.54) is 0 Å². The van der Waals surface area contributed by atoms with Gasteiger partial charge in [0.05, 0.1) is 12.5 Å². The van der Waals surface area contributed by atoms with E-state index in [4.69, 9.17) is 0 Å². The van der Waals surface area contributed by atoms with Gasteiger partial charge in [0.1, 0.15) is 6.54 Å². The maximum absolute atomic E-state index is 12.5. The monoisotopic (exact) mass is 370 g/mol. The van der Waals surface area contributed by atoms with Gasteiger partial charge in [-0.2, -0.15) is 0 Å². The third kappa shape index (κ3) is 3.27. The van der Waals surface area contributed by atoms with Crippen LogP contribution in [-0.2, 0) is 14.4 Å². The second kappa shape index (κ2) is 6.68. The van der Waals surface area contributed by atoms with Crippen LogP contribution in [0.25, 0.3) is 0 Å². The molecule has 0 unspecified atom stereocenters. The number of carbonyl (C=O) groups is 4. The molecule has 1 spiro atoms. The van der Waals surface area contributed by atoms with Crippen LogP contribution in [0.5, 0.6) is 0 Å². The zero-order chi connectivity index (χ0) is 19.0. The highest BCUT2D eigenvalue weighted by molar-refractivity contribution is 6.04. The normalized spacial score (nSPS) is 24.3. The van der Waals surface area contributed by atoms with Crippen LogP contribution in [0, 0.1) is 0 Å². The SMILES string of the molecule is O=C1NC2(CCN(C(=O)CN3C(=O)CNC3=O)CC2)C[C@@H]1c1ccccc1. The summed E-state index contributed by atoms with van der Waals surface area (Å²) in [7, 11) is 0. The van der Waals surface area contributed by atoms with E-state index in [9.17, 15) is 19.2 Å². The molecule has 27 heavy (non-hydrogen) atoms. The standard InChI is InChI=1S/C19H22N4O4/c24-15-11-20-18(27)23(15)12-16(25)22-8-6-19(7-9-22)10-14(17(26)21-19)13-4-2-1-3-5-13/h1-5,14H,6-12H2,(H,20,27)(H,21,26)/t14-/m1/s1. The highest BCUT2D eigenvalue weighted by Crippen LogP contribution is 2.39. The maximum Gasteiger partial charge on any atom is 0.325 e. The molecule has 0 saturated carbocycles. The van der Waals surface area contributed by atoms with E-state index in [-0.39, 0.29) is 42.3 Å². The van der Waals surface area contributed by atoms with Gasteiger partial charge in [-0.3, -0.25) is 19.3 Å². The molecule has 3 heterocycles. The largest absolute Gasteiger partial charge is 0.350 e. The molecule has 4 rings (SSSR count). The Labute approximate surface area is 156 Å². The molecule has 8 heteroatoms. The Kier molecular flexibility index (Phi) is 4.33. The van der Waals surface area contributed by atoms with Crippen LogP contribution in [-0.4, -0.2) is 65.3 Å². The number of nitrogens with zero attached hydrogens (tertiary/aromatic N) is 2. The van der Waals surface area contributed by atoms with Gasteiger partial charge < -0.3 is 15.5 Å². The minimum Gasteiger partial charge on any atom is -0.350 e. The second-order valence-electron chi connectivity index (χ2n) is 7.46. The van der Waals surface area contributed by atoms with Gasteiger partial charge in [-0.25, -0.2) is 4.79 Å². The molecule has 1 atom stereocenters. The Balaban J connectivity index is 1.36. The summed E-state index contributed by atoms with van der Waals surface area (Å²) < 4.78 is 0. The highest BCUT2D eigenvalue weighted by atomic mass is 16.2. The number of benzene rings is 1. The summed E-state index contributed by atoms with van der Waals surface area (Å²) in [6.45, 7) is 0.730. The Morgan fingerprint density at radius 2 is 1.81 bits per heavy atom. The first-order valence-electron chi connectivity index (χ1n) is 9.20. The van der Waals surface area contributed by atoms with E-state index in [1.54, 1.807) is 4.90 Å². The fourth-order valence-corrected chi connectivity index (χ4v) is 4.20. The van der Waals surface area contributed by atoms with Crippen LogP contribution in [0.2, 0.25) is 0 Å². The fraction of sp³-hybridized carbons (Fsp3) is 0.474. The Hall–Kier alpha value is -2.90. The van der Waals surface area contributed by atoms with Crippen molar-refractivity contribution in [2.75, 3.05) is 26.2 Å². The number of amides is 5. The number of carbonyl (C=O) groups excluding carboxylic acids is 4. The average molecular weight is 370 g/mol. The van der Waals surface area contributed by atoms with E-state index in [2.05, 4.69) is 10.6 Å². The summed E-state index contributed by atoms with van der Waals surface area (Å²) in [6, 6.07) is 9.23. The summed E-state index contributed by atoms with van der Waals surface area (Å²) in [5.41, 5.74) is 0.735. The van der Waals surface area contributed by atoms with Crippen molar-refractivity contribution in [2.24, 2.45) is 0 Å². The minimum atomic E-state index is -0.518. The lowest BCUT2D eigenvalue weighted by Crippen LogP contribution is -2.54. The quantitative estimate of drug-likeness (QED) is 0.743. The van der Waals surface area contributed by atoms with Gasteiger partial charge in [-0.1, -0.05) is 30.3 Å². The summed E-state index contributed by atoms with van der Waals surface area (Å²) in [5, 5.41) is 5.57. The van der Waals surface area contributed by atoms with Gasteiger partial charge in [-0.05, 0) is 24.8 Å². The van der Waals surface area contributed by atoms with Crippen LogP contribution >= 0.6 is 0 Å². The number of hydrogen-bond donors (Lipinski definition) is 2. The van der Waals surface area contributed by atoms with Crippen molar-refractivity contribution in [1.29, 1.82) is 0 Å². The predicted octanol–water partition coefficient (Wildman–Crippen LogP) is 0.203. The molecular weight excluding hydrogens is 348 g/mol. The smallest absolute Gasteiger partial charge is 0.325 e. The van der Waals surface area contributed by atoms with Crippen LogP contribution in [0.1, 0.15) is 30.7 Å². The number of likely N-dealkylation sites (tertiary alicyclic amines) is 1. The molecule has 142 valence electrons. The predicted molar refractivity (Wildman–Crippen MR) is 95.6 cm³/mol. The van der Waals surface area contributed by atoms with E-state index < -0.39 is 6.03 Å². The number of piperidine rings is 1. The topological polar surface area (TPSA) is 98.8 Å². The van der Waals surface area contributed by atoms with Gasteiger partial charge >= 0.3 is 6.03 Å². The van der Waals surface area contributed by atoms with Gasteiger partial charge in [0.25, 0.3) is 5.91 Å². The molecular formula is C19H22N4O4. The molecule has 3 aliphatic rings. The van der Waals surface area contributed by atoms with Crippen molar-refractivity contribution in [1.82, 2.24) is 20.4 Å². The van der Waals surface area contributed by atoms with E-state index in [0.29, 0.717) is 25.9 Å². The lowest BCUT2D eigenvalue weighted by Gasteiger charge is -2.39. The first kappa shape index (κ1) is 17.5. The zero-order valence-corrected chi connectivity index (χ0v) is 14.9. The van der Waals surface area contributed by atoms with Crippen LogP contribution < -0.4 is 10.6 Å². The molecule has 3 aliphatic heterocycles. The minimum absolute atomic E-state index is 0.0420. The maximum atomic E-state index is 12.5. The van der Waals surface area contributed by atoms with Gasteiger partial charge in [-0.15, -0.1) is 0 Å². The molecule has 3 fully saturated rings. The molecule has 0 bridgehead atoms. The van der Waals surface area contributed by atoms with Crippen molar-refractivity contribution in [2.45, 2.75) is 30.7 Å². The average Bonchev–Trinajstić information content (AvgIpc) is 3.16. The number of rotatable bonds is 3. The molecule has 0 aromatic heterocycles. The summed E-state index contributed by atoms with van der Waals surface area (Å²) in [6.07, 6.45) is 2.08. The van der Waals surface area contributed by atoms with Crippen LogP contribution in [0.15, 0.2) is 30.3 Å². The van der Waals surface area contributed by atoms with Gasteiger partial charge in [0.15, 0.2) is 0 Å². The molecule has 3 saturated heterocycles. The molecule has 1 aromatic rings. The van der Waals surface area contributed by atoms with Crippen molar-refractivity contribution in [3.8, 4) is 0 Å². The third-order valence-electron chi connectivity index (χ3n) is 5.81. The van der Waals surface area contributed by atoms with Gasteiger partial charge in [0.2, 0.25) is 11.8 Å². The molecule has 1 aromatic carbocycles. The summed E-state index contributed by atoms with van der Waals surface area (Å²) in [4.78, 5) is 50.8. The third-order valence-corrected chi connectivity index (χ3v) is 5.81. The first-order valence-corrected chi connectivity index (χ1v) is 9.20. The molecule has 0 aliphatic carbocycles. The van der Waals surface area contributed by atoms with E-state index in [1.807, 2.05) is 30.3 Å². The molecule has 5 amide bonds.